The van der Waals surface area contributed by atoms with Crippen molar-refractivity contribution in [1.29, 1.82) is 0 Å². The van der Waals surface area contributed by atoms with Gasteiger partial charge in [0.1, 0.15) is 5.75 Å². The van der Waals surface area contributed by atoms with Crippen LogP contribution in [0.25, 0.3) is 0 Å². The van der Waals surface area contributed by atoms with Crippen LogP contribution in [0.1, 0.15) is 56.6 Å². The molecule has 19 heavy (non-hydrogen) atoms. The van der Waals surface area contributed by atoms with Crippen molar-refractivity contribution in [2.75, 3.05) is 7.11 Å². The van der Waals surface area contributed by atoms with E-state index in [1.54, 1.807) is 7.11 Å². The van der Waals surface area contributed by atoms with E-state index in [0.29, 0.717) is 6.04 Å². The van der Waals surface area contributed by atoms with E-state index < -0.39 is 0 Å². The fourth-order valence-electron chi connectivity index (χ4n) is 3.27. The Morgan fingerprint density at radius 1 is 1.00 bits per heavy atom. The van der Waals surface area contributed by atoms with Crippen LogP contribution in [0, 0.1) is 5.92 Å². The van der Waals surface area contributed by atoms with Crippen LogP contribution < -0.4 is 10.1 Å². The van der Waals surface area contributed by atoms with E-state index in [0.717, 1.165) is 17.7 Å². The van der Waals surface area contributed by atoms with Gasteiger partial charge in [0.15, 0.2) is 0 Å². The Hall–Kier alpha value is -1.02. The molecule has 3 rings (SSSR count). The van der Waals surface area contributed by atoms with E-state index in [9.17, 15) is 0 Å². The molecule has 0 saturated heterocycles. The van der Waals surface area contributed by atoms with Crippen LogP contribution in [0.4, 0.5) is 0 Å². The third kappa shape index (κ3) is 3.30. The lowest BCUT2D eigenvalue weighted by Gasteiger charge is -2.29. The van der Waals surface area contributed by atoms with Crippen LogP contribution in [0.5, 0.6) is 5.75 Å². The highest BCUT2D eigenvalue weighted by molar-refractivity contribution is 5.30. The zero-order chi connectivity index (χ0) is 13.1. The first-order valence-corrected chi connectivity index (χ1v) is 7.77. The summed E-state index contributed by atoms with van der Waals surface area (Å²) in [6, 6.07) is 9.95. The predicted octanol–water partition coefficient (Wildman–Crippen LogP) is 4.07. The predicted molar refractivity (Wildman–Crippen MR) is 78.5 cm³/mol. The minimum atomic E-state index is 0.564. The second-order valence-corrected chi connectivity index (χ2v) is 6.09. The van der Waals surface area contributed by atoms with Gasteiger partial charge < -0.3 is 10.1 Å². The summed E-state index contributed by atoms with van der Waals surface area (Å²) in [7, 11) is 1.73. The average Bonchev–Trinajstić information content (AvgIpc) is 3.31. The Labute approximate surface area is 116 Å². The molecular weight excluding hydrogens is 234 g/mol. The van der Waals surface area contributed by atoms with Gasteiger partial charge in [-0.2, -0.15) is 0 Å². The number of hydrogen-bond donors (Lipinski definition) is 1. The summed E-state index contributed by atoms with van der Waals surface area (Å²) in [4.78, 5) is 0. The summed E-state index contributed by atoms with van der Waals surface area (Å²) in [5, 5.41) is 3.93. The van der Waals surface area contributed by atoms with Gasteiger partial charge in [-0.15, -0.1) is 0 Å². The van der Waals surface area contributed by atoms with Gasteiger partial charge in [0.25, 0.3) is 0 Å². The Kier molecular flexibility index (Phi) is 4.07. The molecule has 0 aromatic heterocycles. The van der Waals surface area contributed by atoms with Gasteiger partial charge in [-0.25, -0.2) is 0 Å². The molecule has 2 fully saturated rings. The lowest BCUT2D eigenvalue weighted by atomic mass is 9.93. The highest BCUT2D eigenvalue weighted by Crippen LogP contribution is 2.42. The normalized spacial score (nSPS) is 22.2. The number of hydrogen-bond acceptors (Lipinski definition) is 2. The lowest BCUT2D eigenvalue weighted by Crippen LogP contribution is -2.35. The number of benzene rings is 1. The molecule has 1 aromatic rings. The molecule has 104 valence electrons. The molecule has 0 heterocycles. The lowest BCUT2D eigenvalue weighted by molar-refractivity contribution is 0.323. The minimum Gasteiger partial charge on any atom is -0.497 e. The molecule has 1 aromatic carbocycles. The van der Waals surface area contributed by atoms with E-state index in [4.69, 9.17) is 4.74 Å². The zero-order valence-electron chi connectivity index (χ0n) is 11.9. The van der Waals surface area contributed by atoms with Crippen molar-refractivity contribution in [3.63, 3.8) is 0 Å². The molecule has 1 unspecified atom stereocenters. The molecular formula is C17H25NO. The monoisotopic (exact) mass is 259 g/mol. The molecule has 0 aliphatic heterocycles. The fraction of sp³-hybridized carbons (Fsp3) is 0.647. The van der Waals surface area contributed by atoms with Crippen LogP contribution in [0.3, 0.4) is 0 Å². The first-order chi connectivity index (χ1) is 9.36. The number of rotatable bonds is 5. The van der Waals surface area contributed by atoms with Gasteiger partial charge in [-0.3, -0.25) is 0 Å². The fourth-order valence-corrected chi connectivity index (χ4v) is 3.27. The van der Waals surface area contributed by atoms with Crippen molar-refractivity contribution in [3.8, 4) is 5.75 Å². The molecule has 2 aliphatic carbocycles. The van der Waals surface area contributed by atoms with Crippen molar-refractivity contribution in [1.82, 2.24) is 5.32 Å². The van der Waals surface area contributed by atoms with Crippen molar-refractivity contribution >= 4 is 0 Å². The maximum absolute atomic E-state index is 5.25. The molecule has 2 nitrogen and oxygen atoms in total. The molecule has 0 radical (unpaired) electrons. The van der Waals surface area contributed by atoms with E-state index in [1.807, 2.05) is 0 Å². The molecule has 1 N–H and O–H groups in total. The van der Waals surface area contributed by atoms with Crippen LogP contribution in [-0.4, -0.2) is 13.2 Å². The van der Waals surface area contributed by atoms with E-state index >= 15 is 0 Å². The second-order valence-electron chi connectivity index (χ2n) is 6.09. The Bertz CT molecular complexity index is 390. The van der Waals surface area contributed by atoms with Crippen molar-refractivity contribution in [3.05, 3.63) is 29.8 Å². The zero-order valence-corrected chi connectivity index (χ0v) is 11.9. The van der Waals surface area contributed by atoms with Crippen LogP contribution in [-0.2, 0) is 0 Å². The average molecular weight is 259 g/mol. The first-order valence-electron chi connectivity index (χ1n) is 7.77. The SMILES string of the molecule is COc1ccc(C(NC2CCCCC2)C2CC2)cc1. The van der Waals surface area contributed by atoms with Crippen molar-refractivity contribution < 1.29 is 4.74 Å². The van der Waals surface area contributed by atoms with E-state index in [2.05, 4.69) is 29.6 Å². The Morgan fingerprint density at radius 2 is 1.68 bits per heavy atom. The minimum absolute atomic E-state index is 0.564. The summed E-state index contributed by atoms with van der Waals surface area (Å²) in [6.45, 7) is 0. The van der Waals surface area contributed by atoms with Gasteiger partial charge in [0.05, 0.1) is 7.11 Å². The van der Waals surface area contributed by atoms with Gasteiger partial charge >= 0.3 is 0 Å². The Balaban J connectivity index is 1.68. The standard InChI is InChI=1S/C17H25NO/c1-19-16-11-9-14(10-12-16)17(13-7-8-13)18-15-5-3-2-4-6-15/h9-13,15,17-18H,2-8H2,1H3. The summed E-state index contributed by atoms with van der Waals surface area (Å²) < 4.78 is 5.25. The van der Waals surface area contributed by atoms with Gasteiger partial charge in [-0.05, 0) is 49.3 Å². The number of nitrogens with one attached hydrogen (secondary N) is 1. The number of methoxy groups -OCH3 is 1. The highest BCUT2D eigenvalue weighted by atomic mass is 16.5. The van der Waals surface area contributed by atoms with Crippen LogP contribution in [0.15, 0.2) is 24.3 Å². The summed E-state index contributed by atoms with van der Waals surface area (Å²) in [6.07, 6.45) is 9.72. The van der Waals surface area contributed by atoms with Gasteiger partial charge in [0, 0.05) is 12.1 Å². The Morgan fingerprint density at radius 3 is 2.26 bits per heavy atom. The summed E-state index contributed by atoms with van der Waals surface area (Å²) in [5.41, 5.74) is 1.44. The quantitative estimate of drug-likeness (QED) is 0.860. The molecule has 2 saturated carbocycles. The van der Waals surface area contributed by atoms with Crippen molar-refractivity contribution in [2.24, 2.45) is 5.92 Å². The number of ether oxygens (including phenoxy) is 1. The second kappa shape index (κ2) is 5.96. The van der Waals surface area contributed by atoms with Crippen LogP contribution >= 0.6 is 0 Å². The van der Waals surface area contributed by atoms with E-state index in [1.165, 1.54) is 50.5 Å². The van der Waals surface area contributed by atoms with Gasteiger partial charge in [-0.1, -0.05) is 31.4 Å². The molecule has 0 spiro atoms. The topological polar surface area (TPSA) is 21.3 Å². The maximum atomic E-state index is 5.25. The highest BCUT2D eigenvalue weighted by Gasteiger charge is 2.33. The van der Waals surface area contributed by atoms with Crippen LogP contribution in [0.2, 0.25) is 0 Å². The molecule has 2 aliphatic rings. The molecule has 0 amide bonds. The molecule has 2 heteroatoms. The maximum Gasteiger partial charge on any atom is 0.118 e. The largest absolute Gasteiger partial charge is 0.497 e. The molecule has 1 atom stereocenters. The third-order valence-electron chi connectivity index (χ3n) is 4.59. The van der Waals surface area contributed by atoms with E-state index in [-0.39, 0.29) is 0 Å². The molecule has 0 bridgehead atoms. The third-order valence-corrected chi connectivity index (χ3v) is 4.59. The van der Waals surface area contributed by atoms with Crippen molar-refractivity contribution in [2.45, 2.75) is 57.0 Å². The van der Waals surface area contributed by atoms with Gasteiger partial charge in [0.2, 0.25) is 0 Å². The smallest absolute Gasteiger partial charge is 0.118 e. The summed E-state index contributed by atoms with van der Waals surface area (Å²) in [5.74, 6) is 1.81. The first kappa shape index (κ1) is 13.0. The summed E-state index contributed by atoms with van der Waals surface area (Å²) >= 11 is 0.